The molecule has 2 heterocycles. The van der Waals surface area contributed by atoms with Crippen LogP contribution in [0, 0.1) is 17.3 Å². The Kier molecular flexibility index (Phi) is 6.32. The molecule has 2 aliphatic rings. The maximum absolute atomic E-state index is 12.7. The molecule has 1 aromatic carbocycles. The molecule has 1 aromatic heterocycles. The number of nitrogens with one attached hydrogen (secondary N) is 1. The number of anilines is 1. The third-order valence-corrected chi connectivity index (χ3v) is 6.64. The SMILES string of the molecule is CC#CC(=O)N1CCC2(CC(n3nc(-c4ccc(OCCC)cc4)c(C(=O)NC)c3N)C2)C1. The monoisotopic (exact) mass is 449 g/mol. The topological polar surface area (TPSA) is 102 Å². The van der Waals surface area contributed by atoms with Gasteiger partial charge in [-0.05, 0) is 68.2 Å². The van der Waals surface area contributed by atoms with E-state index in [2.05, 4.69) is 24.1 Å². The molecule has 8 nitrogen and oxygen atoms in total. The number of nitrogens with zero attached hydrogens (tertiary/aromatic N) is 3. The van der Waals surface area contributed by atoms with Crippen molar-refractivity contribution in [3.63, 3.8) is 0 Å². The molecule has 0 bridgehead atoms. The first-order chi connectivity index (χ1) is 15.9. The van der Waals surface area contributed by atoms with E-state index in [0.717, 1.165) is 43.5 Å². The van der Waals surface area contributed by atoms with Crippen LogP contribution in [0.1, 0.15) is 55.9 Å². The van der Waals surface area contributed by atoms with Crippen LogP contribution >= 0.6 is 0 Å². The van der Waals surface area contributed by atoms with E-state index in [1.165, 1.54) is 0 Å². The Morgan fingerprint density at radius 3 is 2.67 bits per heavy atom. The highest BCUT2D eigenvalue weighted by Crippen LogP contribution is 2.54. The summed E-state index contributed by atoms with van der Waals surface area (Å²) < 4.78 is 7.46. The number of nitrogens with two attached hydrogens (primary N) is 1. The summed E-state index contributed by atoms with van der Waals surface area (Å²) in [5.41, 5.74) is 8.31. The molecular weight excluding hydrogens is 418 g/mol. The molecule has 1 aliphatic heterocycles. The van der Waals surface area contributed by atoms with E-state index in [1.54, 1.807) is 18.7 Å². The Morgan fingerprint density at radius 1 is 1.30 bits per heavy atom. The summed E-state index contributed by atoms with van der Waals surface area (Å²) in [5.74, 6) is 6.11. The number of hydrogen-bond donors (Lipinski definition) is 2. The fourth-order valence-electron chi connectivity index (χ4n) is 4.95. The van der Waals surface area contributed by atoms with Crippen molar-refractivity contribution < 1.29 is 14.3 Å². The number of aromatic nitrogens is 2. The number of ether oxygens (including phenoxy) is 1. The standard InChI is InChI=1S/C25H31N5O3/c1-4-6-20(31)29-12-11-25(16-29)14-18(15-25)30-23(26)21(24(32)27-3)22(28-30)17-7-9-19(10-8-17)33-13-5-2/h7-10,18H,5,11-16,26H2,1-3H3,(H,27,32). The van der Waals surface area contributed by atoms with Gasteiger partial charge in [0.15, 0.2) is 0 Å². The van der Waals surface area contributed by atoms with Crippen molar-refractivity contribution in [2.24, 2.45) is 5.41 Å². The molecule has 174 valence electrons. The summed E-state index contributed by atoms with van der Waals surface area (Å²) in [7, 11) is 1.59. The van der Waals surface area contributed by atoms with Crippen molar-refractivity contribution in [3.05, 3.63) is 29.8 Å². The second-order valence-corrected chi connectivity index (χ2v) is 8.92. The molecule has 1 saturated heterocycles. The summed E-state index contributed by atoms with van der Waals surface area (Å²) in [6, 6.07) is 7.68. The molecule has 2 aromatic rings. The Labute approximate surface area is 194 Å². The molecule has 1 spiro atoms. The average molecular weight is 450 g/mol. The first-order valence-corrected chi connectivity index (χ1v) is 11.5. The Balaban J connectivity index is 1.56. The van der Waals surface area contributed by atoms with Crippen molar-refractivity contribution >= 4 is 17.6 Å². The average Bonchev–Trinajstić information content (AvgIpc) is 3.39. The van der Waals surface area contributed by atoms with E-state index in [9.17, 15) is 9.59 Å². The van der Waals surface area contributed by atoms with E-state index >= 15 is 0 Å². The molecular formula is C25H31N5O3. The summed E-state index contributed by atoms with van der Waals surface area (Å²) in [4.78, 5) is 26.7. The summed E-state index contributed by atoms with van der Waals surface area (Å²) in [6.07, 6.45) is 3.64. The van der Waals surface area contributed by atoms with Gasteiger partial charge in [0.2, 0.25) is 0 Å². The van der Waals surface area contributed by atoms with Gasteiger partial charge in [0.05, 0.1) is 12.6 Å². The van der Waals surface area contributed by atoms with Gasteiger partial charge in [0.1, 0.15) is 22.8 Å². The van der Waals surface area contributed by atoms with Crippen LogP contribution in [0.15, 0.2) is 24.3 Å². The Bertz CT molecular complexity index is 1100. The van der Waals surface area contributed by atoms with Crippen LogP contribution in [0.3, 0.4) is 0 Å². The van der Waals surface area contributed by atoms with Crippen molar-refractivity contribution in [2.75, 3.05) is 32.5 Å². The van der Waals surface area contributed by atoms with Gasteiger partial charge in [-0.2, -0.15) is 5.10 Å². The lowest BCUT2D eigenvalue weighted by atomic mass is 9.65. The zero-order valence-corrected chi connectivity index (χ0v) is 19.5. The van der Waals surface area contributed by atoms with Crippen LogP contribution in [-0.4, -0.2) is 53.2 Å². The van der Waals surface area contributed by atoms with Crippen LogP contribution in [0.2, 0.25) is 0 Å². The summed E-state index contributed by atoms with van der Waals surface area (Å²) >= 11 is 0. The lowest BCUT2D eigenvalue weighted by Gasteiger charge is -2.45. The number of hydrogen-bond acceptors (Lipinski definition) is 5. The third kappa shape index (κ3) is 4.28. The Morgan fingerprint density at radius 2 is 2.03 bits per heavy atom. The number of carbonyl (C=O) groups excluding carboxylic acids is 2. The van der Waals surface area contributed by atoms with E-state index < -0.39 is 0 Å². The molecule has 2 fully saturated rings. The van der Waals surface area contributed by atoms with Crippen LogP contribution in [-0.2, 0) is 4.79 Å². The van der Waals surface area contributed by atoms with Gasteiger partial charge in [-0.3, -0.25) is 9.59 Å². The molecule has 0 atom stereocenters. The van der Waals surface area contributed by atoms with Gasteiger partial charge in [0, 0.05) is 25.7 Å². The molecule has 4 rings (SSSR count). The van der Waals surface area contributed by atoms with E-state index in [4.69, 9.17) is 15.6 Å². The maximum atomic E-state index is 12.7. The minimum Gasteiger partial charge on any atom is -0.494 e. The number of rotatable bonds is 6. The number of likely N-dealkylation sites (tertiary alicyclic amines) is 1. The largest absolute Gasteiger partial charge is 0.494 e. The second-order valence-electron chi connectivity index (χ2n) is 8.92. The van der Waals surface area contributed by atoms with Gasteiger partial charge in [0.25, 0.3) is 11.8 Å². The zero-order chi connectivity index (χ0) is 23.6. The van der Waals surface area contributed by atoms with Crippen molar-refractivity contribution in [2.45, 2.75) is 45.6 Å². The number of benzene rings is 1. The molecule has 0 unspecified atom stereocenters. The molecule has 3 N–H and O–H groups in total. The van der Waals surface area contributed by atoms with Crippen molar-refractivity contribution in [1.82, 2.24) is 20.0 Å². The number of nitrogen functional groups attached to an aromatic ring is 1. The van der Waals surface area contributed by atoms with Crippen LogP contribution in [0.4, 0.5) is 5.82 Å². The van der Waals surface area contributed by atoms with Crippen LogP contribution in [0.25, 0.3) is 11.3 Å². The predicted molar refractivity (Wildman–Crippen MR) is 127 cm³/mol. The predicted octanol–water partition coefficient (Wildman–Crippen LogP) is 2.86. The zero-order valence-electron chi connectivity index (χ0n) is 19.5. The van der Waals surface area contributed by atoms with E-state index in [-0.39, 0.29) is 23.3 Å². The van der Waals surface area contributed by atoms with E-state index in [1.807, 2.05) is 29.2 Å². The first-order valence-electron chi connectivity index (χ1n) is 11.5. The summed E-state index contributed by atoms with van der Waals surface area (Å²) in [5, 5.41) is 7.47. The smallest absolute Gasteiger partial charge is 0.298 e. The van der Waals surface area contributed by atoms with Gasteiger partial charge in [-0.15, -0.1) is 0 Å². The third-order valence-electron chi connectivity index (χ3n) is 6.64. The first kappa shape index (κ1) is 22.7. The van der Waals surface area contributed by atoms with Gasteiger partial charge in [-0.1, -0.05) is 12.8 Å². The van der Waals surface area contributed by atoms with Crippen LogP contribution in [0.5, 0.6) is 5.75 Å². The molecule has 1 saturated carbocycles. The molecule has 2 amide bonds. The highest BCUT2D eigenvalue weighted by molar-refractivity contribution is 6.04. The van der Waals surface area contributed by atoms with Gasteiger partial charge >= 0.3 is 0 Å². The van der Waals surface area contributed by atoms with Gasteiger partial charge < -0.3 is 20.7 Å². The lowest BCUT2D eigenvalue weighted by Crippen LogP contribution is -2.42. The highest BCUT2D eigenvalue weighted by atomic mass is 16.5. The minimum absolute atomic E-state index is 0.0831. The Hall–Kier alpha value is -3.47. The van der Waals surface area contributed by atoms with Crippen LogP contribution < -0.4 is 15.8 Å². The normalized spacial score (nSPS) is 21.3. The van der Waals surface area contributed by atoms with Gasteiger partial charge in [-0.25, -0.2) is 4.68 Å². The maximum Gasteiger partial charge on any atom is 0.298 e. The fourth-order valence-corrected chi connectivity index (χ4v) is 4.95. The summed E-state index contributed by atoms with van der Waals surface area (Å²) in [6.45, 7) is 5.84. The van der Waals surface area contributed by atoms with Crippen molar-refractivity contribution in [3.8, 4) is 28.8 Å². The minimum atomic E-state index is -0.259. The van der Waals surface area contributed by atoms with Crippen molar-refractivity contribution in [1.29, 1.82) is 0 Å². The van der Waals surface area contributed by atoms with E-state index in [0.29, 0.717) is 30.2 Å². The molecule has 1 aliphatic carbocycles. The lowest BCUT2D eigenvalue weighted by molar-refractivity contribution is -0.125. The number of amides is 2. The fraction of sp³-hybridized carbons (Fsp3) is 0.480. The quantitative estimate of drug-likeness (QED) is 0.660. The second kappa shape index (κ2) is 9.18. The molecule has 33 heavy (non-hydrogen) atoms. The number of carbonyl (C=O) groups is 2. The molecule has 8 heteroatoms. The highest BCUT2D eigenvalue weighted by Gasteiger charge is 2.51. The molecule has 0 radical (unpaired) electrons.